The van der Waals surface area contributed by atoms with Crippen molar-refractivity contribution in [1.82, 2.24) is 5.32 Å². The van der Waals surface area contributed by atoms with Crippen molar-refractivity contribution in [3.8, 4) is 0 Å². The van der Waals surface area contributed by atoms with Crippen molar-refractivity contribution >= 4 is 11.9 Å². The van der Waals surface area contributed by atoms with Crippen molar-refractivity contribution in [2.24, 2.45) is 5.73 Å². The number of allylic oxidation sites excluding steroid dienone is 4. The number of esters is 1. The lowest BCUT2D eigenvalue weighted by molar-refractivity contribution is -0.144. The lowest BCUT2D eigenvalue weighted by atomic mass is 10.0. The van der Waals surface area contributed by atoms with Crippen molar-refractivity contribution in [2.75, 3.05) is 13.2 Å². The summed E-state index contributed by atoms with van der Waals surface area (Å²) in [6.45, 7) is 6.15. The van der Waals surface area contributed by atoms with Crippen molar-refractivity contribution in [2.45, 2.75) is 289 Å². The minimum atomic E-state index is -0.670. The minimum Gasteiger partial charge on any atom is -0.481 e. The fraction of sp³-hybridized carbons (Fsp3) is 0.887. The molecule has 0 rings (SSSR count). The number of carbonyl (C=O) groups is 2. The van der Waals surface area contributed by atoms with E-state index in [9.17, 15) is 9.59 Å². The number of carboxylic acid groups (broad SMARTS) is 1. The Kier molecular flexibility index (Phi) is 47.6. The molecule has 0 aromatic heterocycles. The molecule has 59 heavy (non-hydrogen) atoms. The first kappa shape index (κ1) is 57.3. The molecule has 0 fully saturated rings. The first-order chi connectivity index (χ1) is 29.0. The van der Waals surface area contributed by atoms with Gasteiger partial charge in [0.05, 0.1) is 6.61 Å². The highest BCUT2D eigenvalue weighted by atomic mass is 16.5. The van der Waals surface area contributed by atoms with E-state index in [2.05, 4.69) is 43.5 Å². The predicted molar refractivity (Wildman–Crippen MR) is 257 cm³/mol. The van der Waals surface area contributed by atoms with Crippen LogP contribution in [0.2, 0.25) is 0 Å². The number of rotatable bonds is 49. The number of nitrogens with one attached hydrogen (secondary N) is 1. The molecule has 4 N–H and O–H groups in total. The third kappa shape index (κ3) is 48.9. The molecule has 0 amide bonds. The van der Waals surface area contributed by atoms with Crippen molar-refractivity contribution < 1.29 is 19.4 Å². The van der Waals surface area contributed by atoms with E-state index in [0.29, 0.717) is 25.5 Å². The van der Waals surface area contributed by atoms with Crippen LogP contribution in [-0.2, 0) is 14.3 Å². The van der Waals surface area contributed by atoms with Crippen LogP contribution >= 0.6 is 0 Å². The second kappa shape index (κ2) is 49.0. The molecule has 0 bridgehead atoms. The SMILES string of the molecule is CCCCCCCCCCCCCCOC(=O)CCCCCCCC=CCCCCCCCCNC(CCCCCCCCC=CCCCCCCCC(=O)O)C(C)N. The Labute approximate surface area is 367 Å². The molecule has 0 spiro atoms. The average molecular weight is 831 g/mol. The molecule has 6 heteroatoms. The Morgan fingerprint density at radius 3 is 1.27 bits per heavy atom. The number of hydrogen-bond acceptors (Lipinski definition) is 5. The molecular weight excluding hydrogens is 729 g/mol. The van der Waals surface area contributed by atoms with Gasteiger partial charge < -0.3 is 20.9 Å². The van der Waals surface area contributed by atoms with Gasteiger partial charge in [0.1, 0.15) is 0 Å². The van der Waals surface area contributed by atoms with E-state index in [0.717, 1.165) is 51.5 Å². The summed E-state index contributed by atoms with van der Waals surface area (Å²) in [4.78, 5) is 22.5. The van der Waals surface area contributed by atoms with Crippen LogP contribution < -0.4 is 11.1 Å². The largest absolute Gasteiger partial charge is 0.481 e. The highest BCUT2D eigenvalue weighted by Crippen LogP contribution is 2.15. The van der Waals surface area contributed by atoms with E-state index < -0.39 is 5.97 Å². The average Bonchev–Trinajstić information content (AvgIpc) is 3.22. The maximum absolute atomic E-state index is 12.0. The van der Waals surface area contributed by atoms with Crippen LogP contribution in [0.3, 0.4) is 0 Å². The molecule has 0 aliphatic heterocycles. The smallest absolute Gasteiger partial charge is 0.305 e. The van der Waals surface area contributed by atoms with Crippen LogP contribution in [0.4, 0.5) is 0 Å². The van der Waals surface area contributed by atoms with Gasteiger partial charge >= 0.3 is 11.9 Å². The van der Waals surface area contributed by atoms with Crippen LogP contribution in [-0.4, -0.2) is 42.3 Å². The zero-order valence-corrected chi connectivity index (χ0v) is 39.6. The van der Waals surface area contributed by atoms with Crippen molar-refractivity contribution in [3.63, 3.8) is 0 Å². The van der Waals surface area contributed by atoms with Crippen LogP contribution in [0.1, 0.15) is 277 Å². The predicted octanol–water partition coefficient (Wildman–Crippen LogP) is 16.0. The Morgan fingerprint density at radius 2 is 0.847 bits per heavy atom. The molecule has 6 nitrogen and oxygen atoms in total. The summed E-state index contributed by atoms with van der Waals surface area (Å²) in [5, 5.41) is 12.4. The van der Waals surface area contributed by atoms with Gasteiger partial charge in [0.2, 0.25) is 0 Å². The lowest BCUT2D eigenvalue weighted by Gasteiger charge is -2.22. The first-order valence-electron chi connectivity index (χ1n) is 26.1. The number of nitrogens with two attached hydrogens (primary N) is 1. The van der Waals surface area contributed by atoms with Crippen LogP contribution in [0.25, 0.3) is 0 Å². The Hall–Kier alpha value is -1.66. The molecule has 0 saturated carbocycles. The van der Waals surface area contributed by atoms with Gasteiger partial charge in [-0.2, -0.15) is 0 Å². The third-order valence-corrected chi connectivity index (χ3v) is 12.1. The van der Waals surface area contributed by atoms with Crippen LogP contribution in [0, 0.1) is 0 Å². The van der Waals surface area contributed by atoms with Gasteiger partial charge in [0, 0.05) is 24.9 Å². The van der Waals surface area contributed by atoms with Crippen molar-refractivity contribution in [3.05, 3.63) is 24.3 Å². The number of unbranched alkanes of at least 4 members (excludes halogenated alkanes) is 33. The van der Waals surface area contributed by atoms with E-state index in [1.807, 2.05) is 0 Å². The van der Waals surface area contributed by atoms with Crippen LogP contribution in [0.5, 0.6) is 0 Å². The second-order valence-electron chi connectivity index (χ2n) is 18.1. The van der Waals surface area contributed by atoms with Gasteiger partial charge in [-0.1, -0.05) is 198 Å². The number of carbonyl (C=O) groups excluding carboxylic acids is 1. The van der Waals surface area contributed by atoms with E-state index in [4.69, 9.17) is 15.6 Å². The molecule has 0 heterocycles. The van der Waals surface area contributed by atoms with Crippen molar-refractivity contribution in [1.29, 1.82) is 0 Å². The summed E-state index contributed by atoms with van der Waals surface area (Å²) < 4.78 is 5.46. The molecule has 2 atom stereocenters. The Balaban J connectivity index is 3.43. The van der Waals surface area contributed by atoms with Crippen LogP contribution in [0.15, 0.2) is 24.3 Å². The maximum Gasteiger partial charge on any atom is 0.305 e. The lowest BCUT2D eigenvalue weighted by Crippen LogP contribution is -2.43. The van der Waals surface area contributed by atoms with Gasteiger partial charge in [-0.3, -0.25) is 9.59 Å². The van der Waals surface area contributed by atoms with Gasteiger partial charge in [0.15, 0.2) is 0 Å². The quantitative estimate of drug-likeness (QED) is 0.0321. The summed E-state index contributed by atoms with van der Waals surface area (Å²) in [7, 11) is 0. The third-order valence-electron chi connectivity index (χ3n) is 12.1. The Bertz CT molecular complexity index is 919. The summed E-state index contributed by atoms with van der Waals surface area (Å²) in [5.41, 5.74) is 6.33. The standard InChI is InChI=1S/C53H102N2O4/c1-3-4-5-6-7-8-9-24-29-34-39-44-49-59-53(58)47-42-37-32-27-22-18-14-11-15-19-23-28-33-38-43-48-55-51(50(2)54)45-40-35-30-25-20-16-12-10-13-17-21-26-31-36-41-46-52(56)57/h10-11,13-14,50-51,55H,3-9,12,15-49,54H2,1-2H3,(H,56,57). The number of hydrogen-bond donors (Lipinski definition) is 3. The maximum atomic E-state index is 12.0. The molecule has 0 saturated heterocycles. The zero-order chi connectivity index (χ0) is 43.0. The zero-order valence-electron chi connectivity index (χ0n) is 39.6. The first-order valence-corrected chi connectivity index (χ1v) is 26.1. The summed E-state index contributed by atoms with van der Waals surface area (Å²) in [5.74, 6) is -0.664. The molecule has 0 aromatic rings. The van der Waals surface area contributed by atoms with E-state index in [1.54, 1.807) is 0 Å². The molecule has 348 valence electrons. The Morgan fingerprint density at radius 1 is 0.492 bits per heavy atom. The molecular formula is C53H102N2O4. The number of ether oxygens (including phenoxy) is 1. The summed E-state index contributed by atoms with van der Waals surface area (Å²) in [6.07, 6.45) is 59.6. The fourth-order valence-corrected chi connectivity index (χ4v) is 8.07. The molecule has 0 aliphatic carbocycles. The van der Waals surface area contributed by atoms with Gasteiger partial charge in [-0.15, -0.1) is 0 Å². The van der Waals surface area contributed by atoms with Gasteiger partial charge in [-0.25, -0.2) is 0 Å². The topological polar surface area (TPSA) is 102 Å². The second-order valence-corrected chi connectivity index (χ2v) is 18.1. The molecule has 0 radical (unpaired) electrons. The van der Waals surface area contributed by atoms with E-state index >= 15 is 0 Å². The molecule has 2 unspecified atom stereocenters. The van der Waals surface area contributed by atoms with E-state index in [1.165, 1.54) is 205 Å². The fourth-order valence-electron chi connectivity index (χ4n) is 8.07. The number of aliphatic carboxylic acids is 1. The molecule has 0 aliphatic rings. The van der Waals surface area contributed by atoms with E-state index in [-0.39, 0.29) is 12.0 Å². The van der Waals surface area contributed by atoms with Gasteiger partial charge in [-0.05, 0) is 96.9 Å². The highest BCUT2D eigenvalue weighted by molar-refractivity contribution is 5.69. The summed E-state index contributed by atoms with van der Waals surface area (Å²) >= 11 is 0. The monoisotopic (exact) mass is 831 g/mol. The van der Waals surface area contributed by atoms with Gasteiger partial charge in [0.25, 0.3) is 0 Å². The normalized spacial score (nSPS) is 12.9. The summed E-state index contributed by atoms with van der Waals surface area (Å²) in [6, 6.07) is 0.665. The number of carboxylic acids is 1. The highest BCUT2D eigenvalue weighted by Gasteiger charge is 2.12. The molecule has 0 aromatic carbocycles. The minimum absolute atomic E-state index is 0.00603.